The van der Waals surface area contributed by atoms with E-state index in [-0.39, 0.29) is 18.5 Å². The van der Waals surface area contributed by atoms with Gasteiger partial charge in [0.05, 0.1) is 0 Å². The van der Waals surface area contributed by atoms with E-state index in [9.17, 15) is 4.39 Å². The molecule has 0 heterocycles. The van der Waals surface area contributed by atoms with E-state index in [0.29, 0.717) is 23.5 Å². The van der Waals surface area contributed by atoms with Gasteiger partial charge in [-0.15, -0.1) is 0 Å². The van der Waals surface area contributed by atoms with Crippen LogP contribution in [0.25, 0.3) is 0 Å². The number of halogens is 1. The van der Waals surface area contributed by atoms with E-state index in [1.807, 2.05) is 24.3 Å². The van der Waals surface area contributed by atoms with Crippen molar-refractivity contribution in [3.63, 3.8) is 0 Å². The van der Waals surface area contributed by atoms with Gasteiger partial charge < -0.3 is 15.6 Å². The second kappa shape index (κ2) is 6.50. The number of hydrogen-bond acceptors (Lipinski definition) is 3. The lowest BCUT2D eigenvalue weighted by Gasteiger charge is -2.16. The SMILES string of the molecule is C[C@H](N)c1cc(F)ccc1Oc1ccccc1CCO. The third kappa shape index (κ3) is 3.35. The van der Waals surface area contributed by atoms with Crippen molar-refractivity contribution >= 4 is 0 Å². The number of aliphatic hydroxyl groups excluding tert-OH is 1. The van der Waals surface area contributed by atoms with E-state index in [0.717, 1.165) is 5.56 Å². The molecule has 0 bridgehead atoms. The topological polar surface area (TPSA) is 55.5 Å². The average molecular weight is 275 g/mol. The van der Waals surface area contributed by atoms with Crippen LogP contribution in [0.1, 0.15) is 24.1 Å². The maximum atomic E-state index is 13.3. The molecule has 0 spiro atoms. The van der Waals surface area contributed by atoms with E-state index >= 15 is 0 Å². The Morgan fingerprint density at radius 2 is 1.95 bits per heavy atom. The summed E-state index contributed by atoms with van der Waals surface area (Å²) < 4.78 is 19.2. The van der Waals surface area contributed by atoms with Crippen molar-refractivity contribution in [1.29, 1.82) is 0 Å². The van der Waals surface area contributed by atoms with Crippen LogP contribution in [0.4, 0.5) is 4.39 Å². The van der Waals surface area contributed by atoms with Crippen molar-refractivity contribution in [2.24, 2.45) is 5.73 Å². The third-order valence-electron chi connectivity index (χ3n) is 3.04. The molecule has 0 saturated carbocycles. The number of aliphatic hydroxyl groups is 1. The summed E-state index contributed by atoms with van der Waals surface area (Å²) in [5.41, 5.74) is 7.36. The van der Waals surface area contributed by atoms with E-state index in [2.05, 4.69) is 0 Å². The molecule has 0 aliphatic carbocycles. The van der Waals surface area contributed by atoms with Crippen molar-refractivity contribution in [2.75, 3.05) is 6.61 Å². The van der Waals surface area contributed by atoms with Crippen molar-refractivity contribution < 1.29 is 14.2 Å². The maximum Gasteiger partial charge on any atom is 0.132 e. The van der Waals surface area contributed by atoms with Gasteiger partial charge in [-0.1, -0.05) is 18.2 Å². The van der Waals surface area contributed by atoms with Gasteiger partial charge in [0.15, 0.2) is 0 Å². The van der Waals surface area contributed by atoms with Gasteiger partial charge in [0, 0.05) is 18.2 Å². The van der Waals surface area contributed by atoms with Crippen LogP contribution in [-0.4, -0.2) is 11.7 Å². The predicted octanol–water partition coefficient (Wildman–Crippen LogP) is 3.17. The molecule has 0 aromatic heterocycles. The minimum atomic E-state index is -0.340. The highest BCUT2D eigenvalue weighted by molar-refractivity contribution is 5.42. The highest BCUT2D eigenvalue weighted by atomic mass is 19.1. The summed E-state index contributed by atoms with van der Waals surface area (Å²) in [5.74, 6) is 0.843. The van der Waals surface area contributed by atoms with Gasteiger partial charge >= 0.3 is 0 Å². The molecule has 106 valence electrons. The fraction of sp³-hybridized carbons (Fsp3) is 0.250. The highest BCUT2D eigenvalue weighted by Gasteiger charge is 2.12. The molecular weight excluding hydrogens is 257 g/mol. The van der Waals surface area contributed by atoms with Crippen molar-refractivity contribution in [1.82, 2.24) is 0 Å². The number of benzene rings is 2. The summed E-state index contributed by atoms with van der Waals surface area (Å²) in [6, 6.07) is 11.4. The number of hydrogen-bond donors (Lipinski definition) is 2. The van der Waals surface area contributed by atoms with Crippen molar-refractivity contribution in [3.05, 3.63) is 59.4 Å². The summed E-state index contributed by atoms with van der Waals surface area (Å²) in [5, 5.41) is 9.06. The first kappa shape index (κ1) is 14.5. The Morgan fingerprint density at radius 3 is 2.65 bits per heavy atom. The van der Waals surface area contributed by atoms with Crippen molar-refractivity contribution in [2.45, 2.75) is 19.4 Å². The summed E-state index contributed by atoms with van der Waals surface area (Å²) in [6.07, 6.45) is 0.505. The van der Waals surface area contributed by atoms with Crippen LogP contribution in [-0.2, 0) is 6.42 Å². The molecule has 0 fully saturated rings. The number of ether oxygens (including phenoxy) is 1. The lowest BCUT2D eigenvalue weighted by atomic mass is 10.1. The molecular formula is C16H18FNO2. The second-order valence-corrected chi connectivity index (χ2v) is 4.65. The molecule has 0 radical (unpaired) electrons. The Kier molecular flexibility index (Phi) is 4.71. The van der Waals surface area contributed by atoms with E-state index < -0.39 is 0 Å². The average Bonchev–Trinajstić information content (AvgIpc) is 2.43. The van der Waals surface area contributed by atoms with Crippen LogP contribution >= 0.6 is 0 Å². The van der Waals surface area contributed by atoms with Gasteiger partial charge in [-0.05, 0) is 43.2 Å². The Morgan fingerprint density at radius 1 is 1.20 bits per heavy atom. The first-order valence-corrected chi connectivity index (χ1v) is 6.53. The molecule has 0 aliphatic rings. The zero-order chi connectivity index (χ0) is 14.5. The summed E-state index contributed by atoms with van der Waals surface area (Å²) in [7, 11) is 0. The molecule has 0 amide bonds. The number of rotatable bonds is 5. The Bertz CT molecular complexity index is 584. The smallest absolute Gasteiger partial charge is 0.132 e. The monoisotopic (exact) mass is 275 g/mol. The van der Waals surface area contributed by atoms with Gasteiger partial charge in [-0.25, -0.2) is 4.39 Å². The molecule has 2 aromatic rings. The van der Waals surface area contributed by atoms with Crippen LogP contribution in [0.3, 0.4) is 0 Å². The van der Waals surface area contributed by atoms with E-state index in [1.54, 1.807) is 13.0 Å². The van der Waals surface area contributed by atoms with Crippen LogP contribution in [0, 0.1) is 5.82 Å². The predicted molar refractivity (Wildman–Crippen MR) is 76.3 cm³/mol. The summed E-state index contributed by atoms with van der Waals surface area (Å²) in [6.45, 7) is 1.82. The summed E-state index contributed by atoms with van der Waals surface area (Å²) in [4.78, 5) is 0. The molecule has 1 atom stereocenters. The summed E-state index contributed by atoms with van der Waals surface area (Å²) >= 11 is 0. The van der Waals surface area contributed by atoms with Crippen LogP contribution < -0.4 is 10.5 Å². The fourth-order valence-corrected chi connectivity index (χ4v) is 2.02. The molecule has 20 heavy (non-hydrogen) atoms. The Labute approximate surface area is 117 Å². The molecule has 0 aliphatic heterocycles. The number of nitrogens with two attached hydrogens (primary N) is 1. The van der Waals surface area contributed by atoms with Crippen LogP contribution in [0.15, 0.2) is 42.5 Å². The first-order valence-electron chi connectivity index (χ1n) is 6.53. The normalized spacial score (nSPS) is 12.2. The standard InChI is InChI=1S/C16H18FNO2/c1-11(18)14-10-13(17)6-7-16(14)20-15-5-3-2-4-12(15)8-9-19/h2-7,10-11,19H,8-9,18H2,1H3/t11-/m0/s1. The van der Waals surface area contributed by atoms with Crippen LogP contribution in [0.2, 0.25) is 0 Å². The maximum absolute atomic E-state index is 13.3. The first-order chi connectivity index (χ1) is 9.61. The Balaban J connectivity index is 2.35. The zero-order valence-corrected chi connectivity index (χ0v) is 11.3. The molecule has 2 rings (SSSR count). The highest BCUT2D eigenvalue weighted by Crippen LogP contribution is 2.31. The second-order valence-electron chi connectivity index (χ2n) is 4.65. The minimum Gasteiger partial charge on any atom is -0.457 e. The van der Waals surface area contributed by atoms with Gasteiger partial charge in [-0.3, -0.25) is 0 Å². The molecule has 3 N–H and O–H groups in total. The van der Waals surface area contributed by atoms with Crippen LogP contribution in [0.5, 0.6) is 11.5 Å². The molecule has 2 aromatic carbocycles. The van der Waals surface area contributed by atoms with Gasteiger partial charge in [0.25, 0.3) is 0 Å². The van der Waals surface area contributed by atoms with E-state index in [1.165, 1.54) is 12.1 Å². The minimum absolute atomic E-state index is 0.0456. The fourth-order valence-electron chi connectivity index (χ4n) is 2.02. The zero-order valence-electron chi connectivity index (χ0n) is 11.3. The molecule has 0 saturated heterocycles. The molecule has 0 unspecified atom stereocenters. The largest absolute Gasteiger partial charge is 0.457 e. The van der Waals surface area contributed by atoms with Crippen molar-refractivity contribution in [3.8, 4) is 11.5 Å². The van der Waals surface area contributed by atoms with Gasteiger partial charge in [0.2, 0.25) is 0 Å². The quantitative estimate of drug-likeness (QED) is 0.881. The van der Waals surface area contributed by atoms with Gasteiger partial charge in [-0.2, -0.15) is 0 Å². The molecule has 4 heteroatoms. The Hall–Kier alpha value is -1.91. The van der Waals surface area contributed by atoms with Gasteiger partial charge in [0.1, 0.15) is 17.3 Å². The number of para-hydroxylation sites is 1. The lowest BCUT2D eigenvalue weighted by Crippen LogP contribution is -2.07. The molecule has 3 nitrogen and oxygen atoms in total. The van der Waals surface area contributed by atoms with E-state index in [4.69, 9.17) is 15.6 Å². The third-order valence-corrected chi connectivity index (χ3v) is 3.04. The lowest BCUT2D eigenvalue weighted by molar-refractivity contribution is 0.297.